The standard InChI is InChI=1S/C28H42N4O5/c1-8-23(34)22(14-19-15-29-21-12-10-9-11-20(19)21)30-27(36)25(18(6)33)31-28(37)26(17(4)5)32(7)24(35)13-16(2)3/h9-12,15-18,22,25-26,29,33H,8,13-14H2,1-7H3,(H,30,36)(H,31,37)/t18-,22-,25-,26-/m0/s1. The maximum absolute atomic E-state index is 13.3. The maximum Gasteiger partial charge on any atom is 0.245 e. The SMILES string of the molecule is CCC(=O)[C@H](Cc1c[nH]c2ccccc12)NC(=O)[C@@H](NC(=O)[C@H](C(C)C)N(C)C(=O)CC(C)C)[C@H](C)O. The smallest absolute Gasteiger partial charge is 0.245 e. The fourth-order valence-corrected chi connectivity index (χ4v) is 4.49. The second-order valence-corrected chi connectivity index (χ2v) is 10.5. The summed E-state index contributed by atoms with van der Waals surface area (Å²) < 4.78 is 0. The number of carbonyl (C=O) groups excluding carboxylic acids is 4. The number of Topliss-reactive ketones (excluding diaryl/α,β-unsaturated/α-hetero) is 1. The van der Waals surface area contributed by atoms with Gasteiger partial charge >= 0.3 is 0 Å². The van der Waals surface area contributed by atoms with Gasteiger partial charge in [0.1, 0.15) is 12.1 Å². The third-order valence-electron chi connectivity index (χ3n) is 6.51. The molecule has 0 radical (unpaired) electrons. The van der Waals surface area contributed by atoms with Gasteiger partial charge in [0.25, 0.3) is 0 Å². The molecule has 0 aliphatic carbocycles. The Labute approximate surface area is 219 Å². The number of hydrogen-bond acceptors (Lipinski definition) is 5. The number of nitrogens with one attached hydrogen (secondary N) is 3. The van der Waals surface area contributed by atoms with Crippen molar-refractivity contribution in [1.82, 2.24) is 20.5 Å². The van der Waals surface area contributed by atoms with Crippen LogP contribution in [0.1, 0.15) is 59.9 Å². The van der Waals surface area contributed by atoms with Crippen molar-refractivity contribution in [2.45, 2.75) is 85.0 Å². The minimum atomic E-state index is -1.29. The predicted octanol–water partition coefficient (Wildman–Crippen LogP) is 2.57. The van der Waals surface area contributed by atoms with Crippen molar-refractivity contribution in [2.24, 2.45) is 11.8 Å². The molecule has 0 spiro atoms. The molecule has 0 saturated heterocycles. The zero-order chi connectivity index (χ0) is 27.9. The van der Waals surface area contributed by atoms with Gasteiger partial charge in [0.15, 0.2) is 5.78 Å². The average molecular weight is 515 g/mol. The van der Waals surface area contributed by atoms with Crippen LogP contribution in [0.15, 0.2) is 30.5 Å². The van der Waals surface area contributed by atoms with E-state index in [1.165, 1.54) is 11.8 Å². The molecule has 9 heteroatoms. The largest absolute Gasteiger partial charge is 0.391 e. The van der Waals surface area contributed by atoms with Crippen molar-refractivity contribution >= 4 is 34.4 Å². The number of aliphatic hydroxyl groups is 1. The molecule has 4 atom stereocenters. The summed E-state index contributed by atoms with van der Waals surface area (Å²) in [4.78, 5) is 56.5. The number of aromatic amines is 1. The molecular formula is C28H42N4O5. The topological polar surface area (TPSA) is 132 Å². The number of fused-ring (bicyclic) bond motifs is 1. The van der Waals surface area contributed by atoms with E-state index in [0.717, 1.165) is 16.5 Å². The van der Waals surface area contributed by atoms with Crippen LogP contribution in [0.5, 0.6) is 0 Å². The molecule has 9 nitrogen and oxygen atoms in total. The first-order valence-corrected chi connectivity index (χ1v) is 13.0. The fraction of sp³-hybridized carbons (Fsp3) is 0.571. The highest BCUT2D eigenvalue weighted by atomic mass is 16.3. The lowest BCUT2D eigenvalue weighted by atomic mass is 9.98. The van der Waals surface area contributed by atoms with Crippen LogP contribution in [0, 0.1) is 11.8 Å². The van der Waals surface area contributed by atoms with Gasteiger partial charge in [-0.25, -0.2) is 0 Å². The van der Waals surface area contributed by atoms with E-state index >= 15 is 0 Å². The molecule has 0 aliphatic heterocycles. The first-order chi connectivity index (χ1) is 17.4. The van der Waals surface area contributed by atoms with Crippen molar-refractivity contribution in [2.75, 3.05) is 7.05 Å². The molecule has 204 valence electrons. The zero-order valence-corrected chi connectivity index (χ0v) is 23.0. The van der Waals surface area contributed by atoms with E-state index in [0.29, 0.717) is 6.42 Å². The highest BCUT2D eigenvalue weighted by molar-refractivity contribution is 5.95. The molecule has 37 heavy (non-hydrogen) atoms. The summed E-state index contributed by atoms with van der Waals surface area (Å²) in [7, 11) is 1.57. The molecule has 1 aromatic heterocycles. The van der Waals surface area contributed by atoms with Crippen molar-refractivity contribution in [3.8, 4) is 0 Å². The summed E-state index contributed by atoms with van der Waals surface area (Å²) in [5, 5.41) is 16.7. The van der Waals surface area contributed by atoms with E-state index in [9.17, 15) is 24.3 Å². The first kappa shape index (κ1) is 30.0. The number of ketones is 1. The molecule has 0 fully saturated rings. The number of aromatic nitrogens is 1. The molecule has 2 aromatic rings. The Morgan fingerprint density at radius 3 is 2.22 bits per heavy atom. The second kappa shape index (κ2) is 13.4. The van der Waals surface area contributed by atoms with Crippen LogP contribution >= 0.6 is 0 Å². The Kier molecular flexibility index (Phi) is 10.9. The van der Waals surface area contributed by atoms with Gasteiger partial charge in [-0.1, -0.05) is 52.8 Å². The number of nitrogens with zero attached hydrogens (tertiary/aromatic N) is 1. The van der Waals surface area contributed by atoms with Crippen LogP contribution in [0.4, 0.5) is 0 Å². The maximum atomic E-state index is 13.3. The molecule has 4 N–H and O–H groups in total. The average Bonchev–Trinajstić information content (AvgIpc) is 3.23. The first-order valence-electron chi connectivity index (χ1n) is 13.0. The molecule has 1 aromatic carbocycles. The number of carbonyl (C=O) groups is 4. The third kappa shape index (κ3) is 7.89. The number of rotatable bonds is 13. The Hall–Kier alpha value is -3.20. The number of hydrogen-bond donors (Lipinski definition) is 4. The van der Waals surface area contributed by atoms with Crippen LogP contribution in [0.25, 0.3) is 10.9 Å². The quantitative estimate of drug-likeness (QED) is 0.326. The van der Waals surface area contributed by atoms with Crippen molar-refractivity contribution < 1.29 is 24.3 Å². The van der Waals surface area contributed by atoms with Crippen molar-refractivity contribution in [3.63, 3.8) is 0 Å². The van der Waals surface area contributed by atoms with Crippen LogP contribution in [0.2, 0.25) is 0 Å². The van der Waals surface area contributed by atoms with Gasteiger partial charge in [-0.15, -0.1) is 0 Å². The fourth-order valence-electron chi connectivity index (χ4n) is 4.49. The van der Waals surface area contributed by atoms with E-state index in [-0.39, 0.29) is 36.4 Å². The molecule has 0 aliphatic rings. The minimum Gasteiger partial charge on any atom is -0.391 e. The molecule has 0 saturated carbocycles. The summed E-state index contributed by atoms with van der Waals surface area (Å²) in [6.45, 7) is 10.6. The lowest BCUT2D eigenvalue weighted by molar-refractivity contribution is -0.143. The summed E-state index contributed by atoms with van der Waals surface area (Å²) in [5.41, 5.74) is 1.81. The number of aliphatic hydroxyl groups excluding tert-OH is 1. The van der Waals surface area contributed by atoms with E-state index in [4.69, 9.17) is 0 Å². The van der Waals surface area contributed by atoms with Crippen LogP contribution in [-0.2, 0) is 25.6 Å². The summed E-state index contributed by atoms with van der Waals surface area (Å²) >= 11 is 0. The molecule has 3 amide bonds. The Morgan fingerprint density at radius 1 is 1.00 bits per heavy atom. The lowest BCUT2D eigenvalue weighted by Gasteiger charge is -2.33. The van der Waals surface area contributed by atoms with Gasteiger partial charge in [0.05, 0.1) is 12.1 Å². The van der Waals surface area contributed by atoms with Crippen molar-refractivity contribution in [1.29, 1.82) is 0 Å². The van der Waals surface area contributed by atoms with Crippen LogP contribution < -0.4 is 10.6 Å². The van der Waals surface area contributed by atoms with Gasteiger partial charge in [0.2, 0.25) is 17.7 Å². The van der Waals surface area contributed by atoms with E-state index in [1.807, 2.05) is 58.2 Å². The zero-order valence-electron chi connectivity index (χ0n) is 23.0. The highest BCUT2D eigenvalue weighted by Gasteiger charge is 2.35. The Balaban J connectivity index is 2.21. The summed E-state index contributed by atoms with van der Waals surface area (Å²) in [5.74, 6) is -1.62. The van der Waals surface area contributed by atoms with Crippen LogP contribution in [0.3, 0.4) is 0 Å². The normalized spacial score (nSPS) is 14.8. The Morgan fingerprint density at radius 2 is 1.65 bits per heavy atom. The number of amides is 3. The predicted molar refractivity (Wildman–Crippen MR) is 144 cm³/mol. The summed E-state index contributed by atoms with van der Waals surface area (Å²) in [6, 6.07) is 4.75. The van der Waals surface area contributed by atoms with Crippen molar-refractivity contribution in [3.05, 3.63) is 36.0 Å². The molecule has 2 rings (SSSR count). The molecule has 1 heterocycles. The van der Waals surface area contributed by atoms with Gasteiger partial charge in [-0.2, -0.15) is 0 Å². The number of likely N-dealkylation sites (N-methyl/N-ethyl adjacent to an activating group) is 1. The Bertz CT molecular complexity index is 1090. The molecule has 0 bridgehead atoms. The number of H-pyrrole nitrogens is 1. The van der Waals surface area contributed by atoms with Gasteiger partial charge in [-0.3, -0.25) is 19.2 Å². The van der Waals surface area contributed by atoms with E-state index in [2.05, 4.69) is 15.6 Å². The monoisotopic (exact) mass is 514 g/mol. The van der Waals surface area contributed by atoms with Gasteiger partial charge in [-0.05, 0) is 30.4 Å². The number of benzene rings is 1. The lowest BCUT2D eigenvalue weighted by Crippen LogP contribution is -2.60. The molecule has 0 unspecified atom stereocenters. The molecular weight excluding hydrogens is 472 g/mol. The van der Waals surface area contributed by atoms with Crippen LogP contribution in [-0.4, -0.2) is 69.8 Å². The third-order valence-corrected chi connectivity index (χ3v) is 6.51. The number of para-hydroxylation sites is 1. The minimum absolute atomic E-state index is 0.131. The van der Waals surface area contributed by atoms with Gasteiger partial charge in [0, 0.05) is 43.4 Å². The summed E-state index contributed by atoms with van der Waals surface area (Å²) in [6.07, 6.45) is 1.38. The van der Waals surface area contributed by atoms with E-state index in [1.54, 1.807) is 14.0 Å². The van der Waals surface area contributed by atoms with Gasteiger partial charge < -0.3 is 25.6 Å². The highest BCUT2D eigenvalue weighted by Crippen LogP contribution is 2.20. The second-order valence-electron chi connectivity index (χ2n) is 10.5. The van der Waals surface area contributed by atoms with E-state index < -0.39 is 36.0 Å².